The zero-order chi connectivity index (χ0) is 16.2. The van der Waals surface area contributed by atoms with Crippen molar-refractivity contribution in [3.8, 4) is 5.69 Å². The highest BCUT2D eigenvalue weighted by Crippen LogP contribution is 2.15. The number of nitrogens with zero attached hydrogens (tertiary/aromatic N) is 5. The summed E-state index contributed by atoms with van der Waals surface area (Å²) in [7, 11) is 0. The molecule has 0 aliphatic heterocycles. The van der Waals surface area contributed by atoms with Crippen LogP contribution < -0.4 is 0 Å². The predicted octanol–water partition coefficient (Wildman–Crippen LogP) is 2.52. The molecule has 6 nitrogen and oxygen atoms in total. The maximum Gasteiger partial charge on any atom is 0.189 e. The predicted molar refractivity (Wildman–Crippen MR) is 82.6 cm³/mol. The Labute approximate surface area is 131 Å². The molecular weight excluding hydrogens is 297 g/mol. The normalized spacial score (nSPS) is 11.2. The summed E-state index contributed by atoms with van der Waals surface area (Å²) in [5.41, 5.74) is 1.39. The summed E-state index contributed by atoms with van der Waals surface area (Å²) in [6.45, 7) is 2.64. The number of ketones is 1. The third kappa shape index (κ3) is 3.23. The highest BCUT2D eigenvalue weighted by Gasteiger charge is 2.07. The minimum absolute atomic E-state index is 0.175. The van der Waals surface area contributed by atoms with Gasteiger partial charge in [-0.15, -0.1) is 0 Å². The fourth-order valence-corrected chi connectivity index (χ4v) is 2.08. The van der Waals surface area contributed by atoms with E-state index in [9.17, 15) is 9.18 Å². The first-order chi connectivity index (χ1) is 11.2. The molecule has 1 aromatic carbocycles. The van der Waals surface area contributed by atoms with Crippen molar-refractivity contribution in [2.24, 2.45) is 0 Å². The van der Waals surface area contributed by atoms with Gasteiger partial charge in [0, 0.05) is 12.7 Å². The van der Waals surface area contributed by atoms with E-state index in [0.717, 1.165) is 0 Å². The standard InChI is InChI=1S/C16H14FN5O/c1-2-21-9-13(8-19-21)16(23)6-4-12-3-5-15(14(17)7-12)22-11-18-10-20-22/h3-11H,2H2,1H3/b6-4+. The number of hydrogen-bond acceptors (Lipinski definition) is 4. The van der Waals surface area contributed by atoms with Gasteiger partial charge in [0.2, 0.25) is 0 Å². The van der Waals surface area contributed by atoms with Crippen LogP contribution in [0.25, 0.3) is 11.8 Å². The van der Waals surface area contributed by atoms with Crippen molar-refractivity contribution in [3.63, 3.8) is 0 Å². The molecule has 23 heavy (non-hydrogen) atoms. The number of aryl methyl sites for hydroxylation is 1. The Morgan fingerprint density at radius 1 is 1.35 bits per heavy atom. The summed E-state index contributed by atoms with van der Waals surface area (Å²) >= 11 is 0. The highest BCUT2D eigenvalue weighted by atomic mass is 19.1. The molecule has 2 aromatic heterocycles. The van der Waals surface area contributed by atoms with Gasteiger partial charge in [0.05, 0.1) is 11.8 Å². The molecule has 3 aromatic rings. The lowest BCUT2D eigenvalue weighted by Gasteiger charge is -2.03. The summed E-state index contributed by atoms with van der Waals surface area (Å²) in [5, 5.41) is 7.94. The van der Waals surface area contributed by atoms with Crippen LogP contribution in [0.2, 0.25) is 0 Å². The van der Waals surface area contributed by atoms with Crippen molar-refractivity contribution in [1.29, 1.82) is 0 Å². The van der Waals surface area contributed by atoms with Gasteiger partial charge in [0.15, 0.2) is 5.78 Å². The molecule has 0 bridgehead atoms. The molecule has 0 aliphatic rings. The van der Waals surface area contributed by atoms with Crippen molar-refractivity contribution in [2.75, 3.05) is 0 Å². The maximum atomic E-state index is 14.1. The number of aromatic nitrogens is 5. The smallest absolute Gasteiger partial charge is 0.189 e. The Balaban J connectivity index is 1.77. The van der Waals surface area contributed by atoms with Crippen molar-refractivity contribution < 1.29 is 9.18 Å². The second-order valence-corrected chi connectivity index (χ2v) is 4.83. The van der Waals surface area contributed by atoms with Crippen LogP contribution >= 0.6 is 0 Å². The maximum absolute atomic E-state index is 14.1. The number of benzene rings is 1. The monoisotopic (exact) mass is 311 g/mol. The molecule has 0 atom stereocenters. The molecule has 0 unspecified atom stereocenters. The topological polar surface area (TPSA) is 65.6 Å². The summed E-state index contributed by atoms with van der Waals surface area (Å²) < 4.78 is 17.1. The summed E-state index contributed by atoms with van der Waals surface area (Å²) in [5.74, 6) is -0.616. The molecule has 0 radical (unpaired) electrons. The molecule has 0 saturated heterocycles. The largest absolute Gasteiger partial charge is 0.289 e. The summed E-state index contributed by atoms with van der Waals surface area (Å²) in [6, 6.07) is 4.64. The van der Waals surface area contributed by atoms with Gasteiger partial charge in [0.1, 0.15) is 24.2 Å². The average Bonchev–Trinajstić information content (AvgIpc) is 3.24. The van der Waals surface area contributed by atoms with Crippen LogP contribution in [-0.2, 0) is 6.54 Å². The van der Waals surface area contributed by atoms with E-state index in [4.69, 9.17) is 0 Å². The van der Waals surface area contributed by atoms with E-state index in [1.165, 1.54) is 35.7 Å². The first kappa shape index (κ1) is 14.8. The lowest BCUT2D eigenvalue weighted by atomic mass is 10.1. The van der Waals surface area contributed by atoms with E-state index in [2.05, 4.69) is 15.2 Å². The van der Waals surface area contributed by atoms with Gasteiger partial charge in [-0.2, -0.15) is 10.2 Å². The minimum Gasteiger partial charge on any atom is -0.289 e. The fourth-order valence-electron chi connectivity index (χ4n) is 2.08. The van der Waals surface area contributed by atoms with E-state index in [1.807, 2.05) is 6.92 Å². The first-order valence-corrected chi connectivity index (χ1v) is 7.07. The van der Waals surface area contributed by atoms with Crippen LogP contribution in [0.1, 0.15) is 22.8 Å². The molecule has 2 heterocycles. The second-order valence-electron chi connectivity index (χ2n) is 4.83. The van der Waals surface area contributed by atoms with Gasteiger partial charge in [-0.25, -0.2) is 14.1 Å². The molecule has 0 aliphatic carbocycles. The van der Waals surface area contributed by atoms with Gasteiger partial charge in [0.25, 0.3) is 0 Å². The summed E-state index contributed by atoms with van der Waals surface area (Å²) in [6.07, 6.45) is 8.93. The minimum atomic E-state index is -0.441. The van der Waals surface area contributed by atoms with Gasteiger partial charge >= 0.3 is 0 Å². The van der Waals surface area contributed by atoms with E-state index in [-0.39, 0.29) is 5.78 Å². The fraction of sp³-hybridized carbons (Fsp3) is 0.125. The van der Waals surface area contributed by atoms with Crippen molar-refractivity contribution in [2.45, 2.75) is 13.5 Å². The highest BCUT2D eigenvalue weighted by molar-refractivity contribution is 6.06. The van der Waals surface area contributed by atoms with Crippen LogP contribution in [0.3, 0.4) is 0 Å². The van der Waals surface area contributed by atoms with E-state index in [1.54, 1.807) is 29.1 Å². The second kappa shape index (κ2) is 6.35. The van der Waals surface area contributed by atoms with Crippen molar-refractivity contribution in [3.05, 3.63) is 66.3 Å². The Morgan fingerprint density at radius 3 is 2.87 bits per heavy atom. The third-order valence-electron chi connectivity index (χ3n) is 3.31. The van der Waals surface area contributed by atoms with Gasteiger partial charge in [-0.3, -0.25) is 9.48 Å². The SMILES string of the molecule is CCn1cc(C(=O)/C=C/c2ccc(-n3cncn3)c(F)c2)cn1. The Morgan fingerprint density at radius 2 is 2.22 bits per heavy atom. The molecule has 0 saturated carbocycles. The molecular formula is C16H14FN5O. The number of halogens is 1. The third-order valence-corrected chi connectivity index (χ3v) is 3.31. The van der Waals surface area contributed by atoms with Crippen molar-refractivity contribution in [1.82, 2.24) is 24.5 Å². The number of carbonyl (C=O) groups excluding carboxylic acids is 1. The van der Waals surface area contributed by atoms with Crippen LogP contribution in [0, 0.1) is 5.82 Å². The molecule has 7 heteroatoms. The summed E-state index contributed by atoms with van der Waals surface area (Å²) in [4.78, 5) is 15.8. The van der Waals surface area contributed by atoms with Crippen molar-refractivity contribution >= 4 is 11.9 Å². The number of rotatable bonds is 5. The molecule has 0 N–H and O–H groups in total. The molecule has 0 fully saturated rings. The number of allylic oxidation sites excluding steroid dienone is 1. The molecule has 116 valence electrons. The van der Waals surface area contributed by atoms with Crippen LogP contribution in [-0.4, -0.2) is 30.3 Å². The van der Waals surface area contributed by atoms with Gasteiger partial charge < -0.3 is 0 Å². The van der Waals surface area contributed by atoms with Crippen LogP contribution in [0.5, 0.6) is 0 Å². The Bertz CT molecular complexity index is 851. The van der Waals surface area contributed by atoms with Gasteiger partial charge in [-0.1, -0.05) is 12.1 Å². The van der Waals surface area contributed by atoms with Gasteiger partial charge in [-0.05, 0) is 30.7 Å². The molecule has 0 amide bonds. The van der Waals surface area contributed by atoms with Crippen LogP contribution in [0.15, 0.2) is 49.3 Å². The lowest BCUT2D eigenvalue weighted by Crippen LogP contribution is -1.98. The van der Waals surface area contributed by atoms with E-state index < -0.39 is 5.82 Å². The van der Waals surface area contributed by atoms with Crippen LogP contribution in [0.4, 0.5) is 4.39 Å². The number of carbonyl (C=O) groups is 1. The Hall–Kier alpha value is -3.09. The van der Waals surface area contributed by atoms with E-state index in [0.29, 0.717) is 23.4 Å². The molecule has 0 spiro atoms. The zero-order valence-electron chi connectivity index (χ0n) is 12.4. The quantitative estimate of drug-likeness (QED) is 0.536. The molecule has 3 rings (SSSR count). The first-order valence-electron chi connectivity index (χ1n) is 7.07. The average molecular weight is 311 g/mol. The lowest BCUT2D eigenvalue weighted by molar-refractivity contribution is 0.104. The Kier molecular flexibility index (Phi) is 4.09. The zero-order valence-corrected chi connectivity index (χ0v) is 12.4. The number of hydrogen-bond donors (Lipinski definition) is 0. The van der Waals surface area contributed by atoms with E-state index >= 15 is 0 Å².